The zero-order valence-electron chi connectivity index (χ0n) is 11.9. The molecule has 0 nitrogen and oxygen atoms in total. The monoisotopic (exact) mass is 250 g/mol. The van der Waals surface area contributed by atoms with Crippen LogP contribution in [0.5, 0.6) is 0 Å². The van der Waals surface area contributed by atoms with Crippen LogP contribution in [0.2, 0.25) is 0 Å². The molecule has 0 bridgehead atoms. The molecule has 1 aliphatic rings. The fourth-order valence-electron chi connectivity index (χ4n) is 3.35. The number of rotatable bonds is 4. The van der Waals surface area contributed by atoms with Crippen molar-refractivity contribution >= 4 is 0 Å². The van der Waals surface area contributed by atoms with E-state index in [1.54, 1.807) is 0 Å². The molecule has 0 heterocycles. The van der Waals surface area contributed by atoms with Crippen molar-refractivity contribution in [1.29, 1.82) is 0 Å². The van der Waals surface area contributed by atoms with Crippen LogP contribution in [0.1, 0.15) is 44.2 Å². The van der Waals surface area contributed by atoms with Gasteiger partial charge in [0.25, 0.3) is 0 Å². The first-order chi connectivity index (χ1) is 9.12. The Balaban J connectivity index is 1.86. The molecule has 0 radical (unpaired) electrons. The third-order valence-electron chi connectivity index (χ3n) is 4.58. The maximum absolute atomic E-state index is 2.38. The van der Waals surface area contributed by atoms with Gasteiger partial charge in [-0.25, -0.2) is 0 Å². The van der Waals surface area contributed by atoms with Gasteiger partial charge in [0, 0.05) is 0 Å². The van der Waals surface area contributed by atoms with Gasteiger partial charge in [-0.05, 0) is 41.2 Å². The molecule has 2 aromatic carbocycles. The fourth-order valence-corrected chi connectivity index (χ4v) is 3.35. The summed E-state index contributed by atoms with van der Waals surface area (Å²) in [5.41, 5.74) is 3.66. The molecule has 0 amide bonds. The van der Waals surface area contributed by atoms with Crippen LogP contribution < -0.4 is 0 Å². The highest BCUT2D eigenvalue weighted by atomic mass is 14.5. The zero-order valence-corrected chi connectivity index (χ0v) is 11.9. The van der Waals surface area contributed by atoms with Crippen molar-refractivity contribution < 1.29 is 0 Å². The maximum Gasteiger partial charge on any atom is -0.00381 e. The second-order valence-electron chi connectivity index (χ2n) is 6.57. The second-order valence-corrected chi connectivity index (χ2v) is 6.57. The first-order valence-electron chi connectivity index (χ1n) is 7.24. The van der Waals surface area contributed by atoms with Crippen LogP contribution in [0.15, 0.2) is 60.7 Å². The van der Waals surface area contributed by atoms with Gasteiger partial charge in [0.15, 0.2) is 0 Å². The van der Waals surface area contributed by atoms with Crippen molar-refractivity contribution in [2.45, 2.75) is 43.9 Å². The lowest BCUT2D eigenvalue weighted by molar-refractivity contribution is 0.412. The van der Waals surface area contributed by atoms with Gasteiger partial charge in [-0.15, -0.1) is 0 Å². The molecule has 0 aromatic heterocycles. The number of benzene rings is 2. The van der Waals surface area contributed by atoms with E-state index < -0.39 is 0 Å². The number of hydrogen-bond donors (Lipinski definition) is 0. The summed E-state index contributed by atoms with van der Waals surface area (Å²) in [6.07, 6.45) is 3.93. The lowest BCUT2D eigenvalue weighted by atomic mass is 9.73. The fraction of sp³-hybridized carbons (Fsp3) is 0.368. The minimum atomic E-state index is 0.244. The third kappa shape index (κ3) is 2.45. The Morgan fingerprint density at radius 3 is 1.89 bits per heavy atom. The standard InChI is InChI=1S/C19H22/c1-18(2,16-9-5-3-6-10-16)15-19(13-14-19)17-11-7-4-8-12-17/h3-12H,13-15H2,1-2H3. The minimum Gasteiger partial charge on any atom is -0.0622 e. The first kappa shape index (κ1) is 12.5. The average Bonchev–Trinajstić information content (AvgIpc) is 3.21. The van der Waals surface area contributed by atoms with Gasteiger partial charge in [0.05, 0.1) is 0 Å². The molecule has 0 N–H and O–H groups in total. The Morgan fingerprint density at radius 1 is 0.842 bits per heavy atom. The first-order valence-corrected chi connectivity index (χ1v) is 7.24. The molecule has 3 rings (SSSR count). The Bertz CT molecular complexity index is 493. The lowest BCUT2D eigenvalue weighted by Gasteiger charge is -2.31. The molecule has 1 fully saturated rings. The molecular weight excluding hydrogens is 228 g/mol. The van der Waals surface area contributed by atoms with Crippen LogP contribution >= 0.6 is 0 Å². The molecule has 0 atom stereocenters. The summed E-state index contributed by atoms with van der Waals surface area (Å²) < 4.78 is 0. The summed E-state index contributed by atoms with van der Waals surface area (Å²) in [4.78, 5) is 0. The molecule has 0 unspecified atom stereocenters. The van der Waals surface area contributed by atoms with E-state index in [0.717, 1.165) is 0 Å². The van der Waals surface area contributed by atoms with E-state index in [0.29, 0.717) is 5.41 Å². The van der Waals surface area contributed by atoms with Gasteiger partial charge in [-0.1, -0.05) is 74.5 Å². The highest BCUT2D eigenvalue weighted by Crippen LogP contribution is 2.55. The quantitative estimate of drug-likeness (QED) is 0.709. The maximum atomic E-state index is 2.38. The molecule has 0 aliphatic heterocycles. The molecule has 0 saturated heterocycles. The van der Waals surface area contributed by atoms with Gasteiger partial charge < -0.3 is 0 Å². The Kier molecular flexibility index (Phi) is 2.97. The van der Waals surface area contributed by atoms with Crippen LogP contribution in [0.3, 0.4) is 0 Å². The third-order valence-corrected chi connectivity index (χ3v) is 4.58. The van der Waals surface area contributed by atoms with E-state index in [-0.39, 0.29) is 5.41 Å². The van der Waals surface area contributed by atoms with Gasteiger partial charge >= 0.3 is 0 Å². The predicted molar refractivity (Wildman–Crippen MR) is 81.4 cm³/mol. The van der Waals surface area contributed by atoms with E-state index in [9.17, 15) is 0 Å². The molecule has 1 aliphatic carbocycles. The Morgan fingerprint density at radius 2 is 1.37 bits per heavy atom. The van der Waals surface area contributed by atoms with Crippen molar-refractivity contribution in [2.75, 3.05) is 0 Å². The summed E-state index contributed by atoms with van der Waals surface area (Å²) in [6, 6.07) is 22.0. The van der Waals surface area contributed by atoms with Crippen LogP contribution in [-0.2, 0) is 10.8 Å². The molecule has 1 saturated carbocycles. The normalized spacial score (nSPS) is 17.2. The summed E-state index contributed by atoms with van der Waals surface area (Å²) in [5, 5.41) is 0. The zero-order chi connectivity index (χ0) is 13.3. The molecule has 98 valence electrons. The van der Waals surface area contributed by atoms with E-state index in [1.807, 2.05) is 0 Å². The van der Waals surface area contributed by atoms with Crippen LogP contribution in [-0.4, -0.2) is 0 Å². The lowest BCUT2D eigenvalue weighted by Crippen LogP contribution is -2.24. The van der Waals surface area contributed by atoms with Gasteiger partial charge in [0.1, 0.15) is 0 Å². The van der Waals surface area contributed by atoms with Crippen molar-refractivity contribution in [3.05, 3.63) is 71.8 Å². The molecular formula is C19H22. The van der Waals surface area contributed by atoms with Crippen molar-refractivity contribution in [3.8, 4) is 0 Å². The van der Waals surface area contributed by atoms with Crippen LogP contribution in [0.25, 0.3) is 0 Å². The largest absolute Gasteiger partial charge is 0.0622 e. The van der Waals surface area contributed by atoms with Gasteiger partial charge in [0.2, 0.25) is 0 Å². The molecule has 0 heteroatoms. The minimum absolute atomic E-state index is 0.244. The van der Waals surface area contributed by atoms with Crippen LogP contribution in [0, 0.1) is 0 Å². The second kappa shape index (κ2) is 4.52. The van der Waals surface area contributed by atoms with Crippen molar-refractivity contribution in [3.63, 3.8) is 0 Å². The van der Waals surface area contributed by atoms with Crippen molar-refractivity contribution in [2.24, 2.45) is 0 Å². The molecule has 19 heavy (non-hydrogen) atoms. The summed E-state index contributed by atoms with van der Waals surface area (Å²) in [5.74, 6) is 0. The highest BCUT2D eigenvalue weighted by Gasteiger charge is 2.47. The summed E-state index contributed by atoms with van der Waals surface area (Å²) >= 11 is 0. The summed E-state index contributed by atoms with van der Waals surface area (Å²) in [6.45, 7) is 4.76. The Hall–Kier alpha value is -1.56. The topological polar surface area (TPSA) is 0 Å². The van der Waals surface area contributed by atoms with E-state index in [2.05, 4.69) is 74.5 Å². The van der Waals surface area contributed by atoms with E-state index >= 15 is 0 Å². The molecule has 0 spiro atoms. The Labute approximate surface area is 116 Å². The smallest absolute Gasteiger partial charge is 0.00381 e. The van der Waals surface area contributed by atoms with Crippen LogP contribution in [0.4, 0.5) is 0 Å². The SMILES string of the molecule is CC(C)(CC1(c2ccccc2)CC1)c1ccccc1. The van der Waals surface area contributed by atoms with E-state index in [4.69, 9.17) is 0 Å². The summed E-state index contributed by atoms with van der Waals surface area (Å²) in [7, 11) is 0. The van der Waals surface area contributed by atoms with Gasteiger partial charge in [-0.2, -0.15) is 0 Å². The molecule has 2 aromatic rings. The van der Waals surface area contributed by atoms with Gasteiger partial charge in [-0.3, -0.25) is 0 Å². The van der Waals surface area contributed by atoms with E-state index in [1.165, 1.54) is 30.4 Å². The predicted octanol–water partition coefficient (Wildman–Crippen LogP) is 5.09. The highest BCUT2D eigenvalue weighted by molar-refractivity contribution is 5.34. The average molecular weight is 250 g/mol. The number of hydrogen-bond acceptors (Lipinski definition) is 0. The van der Waals surface area contributed by atoms with Crippen molar-refractivity contribution in [1.82, 2.24) is 0 Å².